The number of hydrogen-bond acceptors (Lipinski definition) is 6. The summed E-state index contributed by atoms with van der Waals surface area (Å²) >= 11 is 3.31. The highest BCUT2D eigenvalue weighted by Gasteiger charge is 2.24. The molecule has 1 fully saturated rings. The lowest BCUT2D eigenvalue weighted by Gasteiger charge is -2.29. The number of carbonyl (C=O) groups excluding carboxylic acids is 1. The highest BCUT2D eigenvalue weighted by molar-refractivity contribution is 7.98. The number of thiazole rings is 1. The molecule has 5 nitrogen and oxygen atoms in total. The van der Waals surface area contributed by atoms with Crippen LogP contribution in [0.25, 0.3) is 10.2 Å². The fraction of sp³-hybridized carbons (Fsp3) is 0.391. The molecule has 0 aliphatic carbocycles. The Morgan fingerprint density at radius 1 is 1.20 bits per heavy atom. The zero-order chi connectivity index (χ0) is 21.1. The Balaban J connectivity index is 1.66. The van der Waals surface area contributed by atoms with Crippen molar-refractivity contribution >= 4 is 44.4 Å². The number of hydrogen-bond donors (Lipinski definition) is 0. The van der Waals surface area contributed by atoms with Crippen molar-refractivity contribution < 1.29 is 9.53 Å². The van der Waals surface area contributed by atoms with Crippen LogP contribution in [0, 0.1) is 13.8 Å². The minimum Gasteiger partial charge on any atom is -0.379 e. The zero-order valence-electron chi connectivity index (χ0n) is 17.7. The van der Waals surface area contributed by atoms with Gasteiger partial charge in [0.25, 0.3) is 5.91 Å². The van der Waals surface area contributed by atoms with Crippen LogP contribution in [0.4, 0.5) is 5.13 Å². The van der Waals surface area contributed by atoms with E-state index in [0.717, 1.165) is 64.9 Å². The van der Waals surface area contributed by atoms with Crippen molar-refractivity contribution in [3.8, 4) is 0 Å². The molecule has 0 bridgehead atoms. The van der Waals surface area contributed by atoms with Crippen molar-refractivity contribution in [2.24, 2.45) is 0 Å². The predicted molar refractivity (Wildman–Crippen MR) is 126 cm³/mol. The summed E-state index contributed by atoms with van der Waals surface area (Å²) in [7, 11) is 0. The van der Waals surface area contributed by atoms with E-state index in [1.165, 1.54) is 4.90 Å². The maximum atomic E-state index is 13.6. The maximum absolute atomic E-state index is 13.6. The molecule has 7 heteroatoms. The Labute approximate surface area is 186 Å². The Morgan fingerprint density at radius 3 is 2.73 bits per heavy atom. The average Bonchev–Trinajstić information content (AvgIpc) is 3.17. The van der Waals surface area contributed by atoms with Crippen molar-refractivity contribution in [1.29, 1.82) is 0 Å². The molecule has 0 unspecified atom stereocenters. The molecule has 30 heavy (non-hydrogen) atoms. The standard InChI is InChI=1S/C23H27N3O2S2/c1-16-4-6-19(17(2)14-16)22(27)26(9-8-25-10-12-28-13-11-25)23-24-20-7-5-18(29-3)15-21(20)30-23/h4-7,14-15H,8-13H2,1-3H3. The van der Waals surface area contributed by atoms with E-state index in [2.05, 4.69) is 29.4 Å². The molecule has 1 amide bonds. The number of benzene rings is 2. The topological polar surface area (TPSA) is 45.7 Å². The molecule has 3 aromatic rings. The summed E-state index contributed by atoms with van der Waals surface area (Å²) in [5.41, 5.74) is 3.85. The summed E-state index contributed by atoms with van der Waals surface area (Å²) in [5, 5.41) is 0.765. The van der Waals surface area contributed by atoms with Crippen LogP contribution in [0.5, 0.6) is 0 Å². The molecule has 1 aromatic heterocycles. The van der Waals surface area contributed by atoms with Gasteiger partial charge in [-0.25, -0.2) is 4.98 Å². The van der Waals surface area contributed by atoms with Gasteiger partial charge in [0, 0.05) is 36.6 Å². The SMILES string of the molecule is CSc1ccc2nc(N(CCN3CCOCC3)C(=O)c3ccc(C)cc3C)sc2c1. The van der Waals surface area contributed by atoms with Gasteiger partial charge in [0.05, 0.1) is 23.4 Å². The molecule has 158 valence electrons. The van der Waals surface area contributed by atoms with Crippen LogP contribution in [-0.4, -0.2) is 61.4 Å². The van der Waals surface area contributed by atoms with E-state index in [1.807, 2.05) is 36.9 Å². The molecule has 1 saturated heterocycles. The number of rotatable bonds is 6. The number of aromatic nitrogens is 1. The average molecular weight is 442 g/mol. The summed E-state index contributed by atoms with van der Waals surface area (Å²) in [6, 6.07) is 12.3. The number of amides is 1. The van der Waals surface area contributed by atoms with E-state index in [4.69, 9.17) is 9.72 Å². The first-order valence-corrected chi connectivity index (χ1v) is 12.2. The van der Waals surface area contributed by atoms with E-state index in [9.17, 15) is 4.79 Å². The number of carbonyl (C=O) groups is 1. The quantitative estimate of drug-likeness (QED) is 0.523. The summed E-state index contributed by atoms with van der Waals surface area (Å²) in [6.45, 7) is 8.80. The van der Waals surface area contributed by atoms with E-state index in [0.29, 0.717) is 6.54 Å². The minimum atomic E-state index is 0.0184. The normalized spacial score (nSPS) is 14.9. The molecule has 4 rings (SSSR count). The summed E-state index contributed by atoms with van der Waals surface area (Å²) < 4.78 is 6.57. The van der Waals surface area contributed by atoms with Crippen molar-refractivity contribution in [2.45, 2.75) is 18.7 Å². The Kier molecular flexibility index (Phi) is 6.73. The monoisotopic (exact) mass is 441 g/mol. The van der Waals surface area contributed by atoms with Crippen molar-refractivity contribution in [1.82, 2.24) is 9.88 Å². The van der Waals surface area contributed by atoms with Crippen LogP contribution >= 0.6 is 23.1 Å². The maximum Gasteiger partial charge on any atom is 0.260 e. The number of thioether (sulfide) groups is 1. The number of aryl methyl sites for hydroxylation is 2. The third kappa shape index (κ3) is 4.70. The summed E-state index contributed by atoms with van der Waals surface area (Å²) in [6.07, 6.45) is 2.07. The fourth-order valence-electron chi connectivity index (χ4n) is 3.68. The molecule has 1 aliphatic heterocycles. The first-order chi connectivity index (χ1) is 14.5. The first kappa shape index (κ1) is 21.3. The molecular formula is C23H27N3O2S2. The molecule has 2 aromatic carbocycles. The van der Waals surface area contributed by atoms with Gasteiger partial charge >= 0.3 is 0 Å². The predicted octanol–water partition coefficient (Wildman–Crippen LogP) is 4.61. The van der Waals surface area contributed by atoms with Crippen molar-refractivity contribution in [2.75, 3.05) is 50.5 Å². The van der Waals surface area contributed by atoms with Gasteiger partial charge in [0.1, 0.15) is 0 Å². The van der Waals surface area contributed by atoms with E-state index in [1.54, 1.807) is 23.1 Å². The Morgan fingerprint density at radius 2 is 2.00 bits per heavy atom. The van der Waals surface area contributed by atoms with Crippen LogP contribution in [-0.2, 0) is 4.74 Å². The van der Waals surface area contributed by atoms with E-state index < -0.39 is 0 Å². The van der Waals surface area contributed by atoms with Gasteiger partial charge in [-0.2, -0.15) is 0 Å². The lowest BCUT2D eigenvalue weighted by Crippen LogP contribution is -2.43. The second-order valence-electron chi connectivity index (χ2n) is 7.56. The highest BCUT2D eigenvalue weighted by Crippen LogP contribution is 2.32. The highest BCUT2D eigenvalue weighted by atomic mass is 32.2. The van der Waals surface area contributed by atoms with Gasteiger partial charge in [-0.3, -0.25) is 14.6 Å². The van der Waals surface area contributed by atoms with E-state index >= 15 is 0 Å². The van der Waals surface area contributed by atoms with Gasteiger partial charge in [-0.1, -0.05) is 29.0 Å². The first-order valence-electron chi connectivity index (χ1n) is 10.2. The second kappa shape index (κ2) is 9.47. The molecule has 0 saturated carbocycles. The molecular weight excluding hydrogens is 414 g/mol. The van der Waals surface area contributed by atoms with Gasteiger partial charge in [0.2, 0.25) is 0 Å². The summed E-state index contributed by atoms with van der Waals surface area (Å²) in [4.78, 5) is 23.8. The van der Waals surface area contributed by atoms with Gasteiger partial charge in [-0.15, -0.1) is 11.8 Å². The number of nitrogens with zero attached hydrogens (tertiary/aromatic N) is 3. The number of ether oxygens (including phenoxy) is 1. The molecule has 0 radical (unpaired) electrons. The largest absolute Gasteiger partial charge is 0.379 e. The lowest BCUT2D eigenvalue weighted by molar-refractivity contribution is 0.0391. The fourth-order valence-corrected chi connectivity index (χ4v) is 5.23. The van der Waals surface area contributed by atoms with Crippen LogP contribution in [0.3, 0.4) is 0 Å². The van der Waals surface area contributed by atoms with Crippen molar-refractivity contribution in [3.05, 3.63) is 53.1 Å². The number of anilines is 1. The van der Waals surface area contributed by atoms with Crippen LogP contribution < -0.4 is 4.90 Å². The number of morpholine rings is 1. The van der Waals surface area contributed by atoms with Gasteiger partial charge in [0.15, 0.2) is 5.13 Å². The molecule has 1 aliphatic rings. The van der Waals surface area contributed by atoms with Gasteiger partial charge in [-0.05, 0) is 49.9 Å². The zero-order valence-corrected chi connectivity index (χ0v) is 19.3. The van der Waals surface area contributed by atoms with Crippen LogP contribution in [0.15, 0.2) is 41.3 Å². The van der Waals surface area contributed by atoms with Crippen molar-refractivity contribution in [3.63, 3.8) is 0 Å². The summed E-state index contributed by atoms with van der Waals surface area (Å²) in [5.74, 6) is 0.0184. The van der Waals surface area contributed by atoms with Crippen LogP contribution in [0.1, 0.15) is 21.5 Å². The van der Waals surface area contributed by atoms with E-state index in [-0.39, 0.29) is 5.91 Å². The molecule has 2 heterocycles. The Bertz CT molecular complexity index is 1040. The van der Waals surface area contributed by atoms with Gasteiger partial charge < -0.3 is 4.74 Å². The minimum absolute atomic E-state index is 0.0184. The Hall–Kier alpha value is -1.93. The third-order valence-corrected chi connectivity index (χ3v) is 7.18. The molecule has 0 atom stereocenters. The molecule has 0 N–H and O–H groups in total. The van der Waals surface area contributed by atoms with Crippen LogP contribution in [0.2, 0.25) is 0 Å². The second-order valence-corrected chi connectivity index (χ2v) is 9.45. The molecule has 0 spiro atoms. The smallest absolute Gasteiger partial charge is 0.260 e. The third-order valence-electron chi connectivity index (χ3n) is 5.42. The lowest BCUT2D eigenvalue weighted by atomic mass is 10.0. The number of fused-ring (bicyclic) bond motifs is 1.